The summed E-state index contributed by atoms with van der Waals surface area (Å²) in [6.45, 7) is 8.25. The van der Waals surface area contributed by atoms with Gasteiger partial charge in [-0.05, 0) is 67.6 Å². The third kappa shape index (κ3) is 9.43. The van der Waals surface area contributed by atoms with Crippen LogP contribution in [0.5, 0.6) is 0 Å². The molecule has 0 aliphatic heterocycles. The summed E-state index contributed by atoms with van der Waals surface area (Å²) < 4.78 is 12.2. The third-order valence-corrected chi connectivity index (χ3v) is 4.91. The number of carbonyl (C=O) groups excluding carboxylic acids is 1. The van der Waals surface area contributed by atoms with E-state index in [2.05, 4.69) is 37.4 Å². The molecule has 0 bridgehead atoms. The predicted octanol–water partition coefficient (Wildman–Crippen LogP) is 6.19. The van der Waals surface area contributed by atoms with E-state index in [9.17, 15) is 9.18 Å². The molecule has 4 heteroatoms. The summed E-state index contributed by atoms with van der Waals surface area (Å²) in [6.07, 6.45) is 6.02. The number of hydrogen-bond donors (Lipinski definition) is 1. The Labute approximate surface area is 167 Å². The van der Waals surface area contributed by atoms with Crippen molar-refractivity contribution in [1.82, 2.24) is 0 Å². The van der Waals surface area contributed by atoms with E-state index in [1.165, 1.54) is 28.8 Å². The minimum absolute atomic E-state index is 0.0652. The van der Waals surface area contributed by atoms with Crippen molar-refractivity contribution in [3.63, 3.8) is 0 Å². The highest BCUT2D eigenvalue weighted by atomic mass is 32.2. The number of nitrogens with one attached hydrogen (secondary N) is 1. The zero-order chi connectivity index (χ0) is 20.1. The number of carbonyl (C=O) groups is 1. The first-order valence-corrected chi connectivity index (χ1v) is 10.5. The Morgan fingerprint density at radius 1 is 1.11 bits per heavy atom. The lowest BCUT2D eigenvalue weighted by atomic mass is 10.1. The molecule has 0 heterocycles. The quantitative estimate of drug-likeness (QED) is 0.453. The fourth-order valence-electron chi connectivity index (χ4n) is 2.36. The number of hydrogen-bond acceptors (Lipinski definition) is 2. The van der Waals surface area contributed by atoms with Crippen LogP contribution >= 0.6 is 11.8 Å². The third-order valence-electron chi connectivity index (χ3n) is 4.02. The van der Waals surface area contributed by atoms with Crippen LogP contribution in [0.3, 0.4) is 0 Å². The largest absolute Gasteiger partial charge is 0.325 e. The Balaban J connectivity index is 0.000000337. The number of anilines is 1. The molecule has 0 saturated heterocycles. The van der Waals surface area contributed by atoms with Crippen molar-refractivity contribution in [3.8, 4) is 0 Å². The maximum atomic E-state index is 12.2. The van der Waals surface area contributed by atoms with Crippen molar-refractivity contribution < 1.29 is 9.18 Å². The zero-order valence-corrected chi connectivity index (χ0v) is 17.5. The first-order chi connectivity index (χ1) is 13.0. The zero-order valence-electron chi connectivity index (χ0n) is 16.7. The van der Waals surface area contributed by atoms with Crippen molar-refractivity contribution in [3.05, 3.63) is 77.1 Å². The van der Waals surface area contributed by atoms with Crippen molar-refractivity contribution in [2.45, 2.75) is 40.5 Å². The Morgan fingerprint density at radius 2 is 1.81 bits per heavy atom. The van der Waals surface area contributed by atoms with Crippen LogP contribution in [0, 0.1) is 12.7 Å². The van der Waals surface area contributed by atoms with Gasteiger partial charge in [-0.15, -0.1) is 11.8 Å². The minimum atomic E-state index is -0.160. The molecule has 0 spiro atoms. The number of rotatable bonds is 7. The SMILES string of the molecule is C/C=C/CSCC(=O)Nc1ccc(C)c(CC)c1.CCc1ccc(F)cc1. The molecular formula is C23H30FNOS. The number of halogens is 1. The second-order valence-electron chi connectivity index (χ2n) is 6.11. The highest BCUT2D eigenvalue weighted by molar-refractivity contribution is 8.00. The molecular weight excluding hydrogens is 357 g/mol. The van der Waals surface area contributed by atoms with Crippen LogP contribution in [0.2, 0.25) is 0 Å². The Bertz CT molecular complexity index is 726. The predicted molar refractivity (Wildman–Crippen MR) is 117 cm³/mol. The number of thioether (sulfide) groups is 1. The Kier molecular flexibility index (Phi) is 11.2. The molecule has 0 atom stereocenters. The van der Waals surface area contributed by atoms with Gasteiger partial charge in [0.05, 0.1) is 5.75 Å². The van der Waals surface area contributed by atoms with E-state index in [4.69, 9.17) is 0 Å². The lowest BCUT2D eigenvalue weighted by molar-refractivity contribution is -0.113. The summed E-state index contributed by atoms with van der Waals surface area (Å²) in [7, 11) is 0. The van der Waals surface area contributed by atoms with Gasteiger partial charge in [-0.25, -0.2) is 4.39 Å². The van der Waals surface area contributed by atoms with Gasteiger partial charge in [0, 0.05) is 11.4 Å². The van der Waals surface area contributed by atoms with E-state index in [1.807, 2.05) is 26.0 Å². The summed E-state index contributed by atoms with van der Waals surface area (Å²) in [6, 6.07) is 12.6. The molecule has 0 aliphatic carbocycles. The van der Waals surface area contributed by atoms with Crippen molar-refractivity contribution in [2.24, 2.45) is 0 Å². The van der Waals surface area contributed by atoms with Crippen LogP contribution < -0.4 is 5.32 Å². The van der Waals surface area contributed by atoms with Crippen LogP contribution in [0.4, 0.5) is 10.1 Å². The van der Waals surface area contributed by atoms with E-state index in [1.54, 1.807) is 23.9 Å². The van der Waals surface area contributed by atoms with E-state index in [0.717, 1.165) is 24.3 Å². The van der Waals surface area contributed by atoms with Gasteiger partial charge >= 0.3 is 0 Å². The van der Waals surface area contributed by atoms with Gasteiger partial charge in [-0.1, -0.05) is 44.2 Å². The molecule has 2 aromatic carbocycles. The monoisotopic (exact) mass is 387 g/mol. The second kappa shape index (κ2) is 13.2. The molecule has 0 saturated carbocycles. The average molecular weight is 388 g/mol. The van der Waals surface area contributed by atoms with Crippen molar-refractivity contribution in [1.29, 1.82) is 0 Å². The lowest BCUT2D eigenvalue weighted by Gasteiger charge is -2.08. The van der Waals surface area contributed by atoms with Crippen LogP contribution in [-0.2, 0) is 17.6 Å². The molecule has 2 aromatic rings. The van der Waals surface area contributed by atoms with Gasteiger partial charge in [-0.2, -0.15) is 0 Å². The fourth-order valence-corrected chi connectivity index (χ4v) is 3.07. The maximum Gasteiger partial charge on any atom is 0.234 e. The van der Waals surface area contributed by atoms with E-state index in [-0.39, 0.29) is 11.7 Å². The van der Waals surface area contributed by atoms with E-state index in [0.29, 0.717) is 5.75 Å². The fraction of sp³-hybridized carbons (Fsp3) is 0.348. The van der Waals surface area contributed by atoms with Gasteiger partial charge in [0.1, 0.15) is 5.82 Å². The highest BCUT2D eigenvalue weighted by Gasteiger charge is 2.03. The van der Waals surface area contributed by atoms with Crippen molar-refractivity contribution >= 4 is 23.4 Å². The summed E-state index contributed by atoms with van der Waals surface area (Å²) in [5.74, 6) is 1.29. The minimum Gasteiger partial charge on any atom is -0.325 e. The molecule has 1 amide bonds. The average Bonchev–Trinajstić information content (AvgIpc) is 2.68. The van der Waals surface area contributed by atoms with Gasteiger partial charge in [0.2, 0.25) is 5.91 Å². The molecule has 1 N–H and O–H groups in total. The second-order valence-corrected chi connectivity index (χ2v) is 7.14. The van der Waals surface area contributed by atoms with Gasteiger partial charge < -0.3 is 5.32 Å². The lowest BCUT2D eigenvalue weighted by Crippen LogP contribution is -2.14. The Morgan fingerprint density at radius 3 is 2.41 bits per heavy atom. The first kappa shape index (κ1) is 23.0. The van der Waals surface area contributed by atoms with Crippen LogP contribution in [0.25, 0.3) is 0 Å². The Hall–Kier alpha value is -2.07. The number of amides is 1. The van der Waals surface area contributed by atoms with Gasteiger partial charge in [-0.3, -0.25) is 4.79 Å². The summed E-state index contributed by atoms with van der Waals surface area (Å²) in [5, 5.41) is 2.94. The highest BCUT2D eigenvalue weighted by Crippen LogP contribution is 2.16. The molecule has 0 unspecified atom stereocenters. The molecule has 0 aromatic heterocycles. The summed E-state index contributed by atoms with van der Waals surface area (Å²) in [5.41, 5.74) is 4.64. The standard InChI is InChI=1S/C15H21NOS.C8H9F/c1-4-6-9-18-11-15(17)16-14-8-7-12(3)13(5-2)10-14;1-2-7-3-5-8(9)6-4-7/h4,6-8,10H,5,9,11H2,1-3H3,(H,16,17);3-6H,2H2,1H3/b6-4+;. The topological polar surface area (TPSA) is 29.1 Å². The van der Waals surface area contributed by atoms with Crippen LogP contribution in [0.15, 0.2) is 54.6 Å². The molecule has 146 valence electrons. The van der Waals surface area contributed by atoms with Gasteiger partial charge in [0.15, 0.2) is 0 Å². The van der Waals surface area contributed by atoms with Crippen molar-refractivity contribution in [2.75, 3.05) is 16.8 Å². The van der Waals surface area contributed by atoms with E-state index >= 15 is 0 Å². The van der Waals surface area contributed by atoms with Crippen LogP contribution in [0.1, 0.15) is 37.5 Å². The molecule has 0 fully saturated rings. The molecule has 0 aliphatic rings. The summed E-state index contributed by atoms with van der Waals surface area (Å²) in [4.78, 5) is 11.7. The first-order valence-electron chi connectivity index (χ1n) is 9.32. The maximum absolute atomic E-state index is 12.2. The molecule has 0 radical (unpaired) electrons. The molecule has 2 nitrogen and oxygen atoms in total. The van der Waals surface area contributed by atoms with Crippen LogP contribution in [-0.4, -0.2) is 17.4 Å². The van der Waals surface area contributed by atoms with E-state index < -0.39 is 0 Å². The molecule has 27 heavy (non-hydrogen) atoms. The molecule has 2 rings (SSSR count). The number of aryl methyl sites for hydroxylation is 3. The normalized spacial score (nSPS) is 10.4. The van der Waals surface area contributed by atoms with Gasteiger partial charge in [0.25, 0.3) is 0 Å². The summed E-state index contributed by atoms with van der Waals surface area (Å²) >= 11 is 1.62. The smallest absolute Gasteiger partial charge is 0.234 e. The number of allylic oxidation sites excluding steroid dienone is 1. The number of benzene rings is 2.